The third kappa shape index (κ3) is 5.30. The lowest BCUT2D eigenvalue weighted by Crippen LogP contribution is -2.48. The third-order valence-electron chi connectivity index (χ3n) is 2.71. The predicted octanol–water partition coefficient (Wildman–Crippen LogP) is 1.15. The lowest BCUT2D eigenvalue weighted by Gasteiger charge is -2.16. The highest BCUT2D eigenvalue weighted by Gasteiger charge is 2.37. The van der Waals surface area contributed by atoms with Crippen LogP contribution in [0.4, 0.5) is 4.79 Å². The molecule has 3 N–H and O–H groups in total. The molecule has 1 rings (SSSR count). The number of rotatable bonds is 7. The fraction of sp³-hybridized carbons (Fsp3) is 0.818. The number of carboxylic acids is 1. The first-order valence-corrected chi connectivity index (χ1v) is 7.20. The van der Waals surface area contributed by atoms with Gasteiger partial charge in [-0.25, -0.2) is 9.59 Å². The molecule has 1 aliphatic rings. The summed E-state index contributed by atoms with van der Waals surface area (Å²) in [6.07, 6.45) is 3.80. The molecule has 0 radical (unpaired) electrons. The van der Waals surface area contributed by atoms with Crippen LogP contribution in [-0.4, -0.2) is 41.7 Å². The first-order valence-electron chi connectivity index (χ1n) is 5.80. The van der Waals surface area contributed by atoms with Crippen molar-refractivity contribution in [1.29, 1.82) is 0 Å². The number of hydrogen-bond acceptors (Lipinski definition) is 3. The quantitative estimate of drug-likeness (QED) is 0.641. The zero-order valence-electron chi connectivity index (χ0n) is 10.2. The number of urea groups is 1. The third-order valence-corrected chi connectivity index (χ3v) is 3.61. The van der Waals surface area contributed by atoms with E-state index in [-0.39, 0.29) is 11.9 Å². The molecule has 0 aromatic heterocycles. The predicted molar refractivity (Wildman–Crippen MR) is 68.2 cm³/mol. The number of thioether (sulfide) groups is 1. The minimum atomic E-state index is -0.945. The lowest BCUT2D eigenvalue weighted by atomic mass is 10.2. The Bertz CT molecular complexity index is 282. The van der Waals surface area contributed by atoms with E-state index in [2.05, 4.69) is 10.6 Å². The Hall–Kier alpha value is -0.910. The standard InChI is InChI=1S/C11H20N2O3S/c1-7(6-17-2)5-12-11(16)13-9(10(14)15)8-3-4-8/h7-9H,3-6H2,1-2H3,(H,14,15)(H2,12,13,16). The van der Waals surface area contributed by atoms with Gasteiger partial charge in [-0.05, 0) is 36.7 Å². The summed E-state index contributed by atoms with van der Waals surface area (Å²) in [5.41, 5.74) is 0. The summed E-state index contributed by atoms with van der Waals surface area (Å²) in [5, 5.41) is 14.2. The van der Waals surface area contributed by atoms with Crippen LogP contribution in [0.25, 0.3) is 0 Å². The topological polar surface area (TPSA) is 78.4 Å². The van der Waals surface area contributed by atoms with Crippen molar-refractivity contribution in [2.75, 3.05) is 18.6 Å². The van der Waals surface area contributed by atoms with Crippen LogP contribution < -0.4 is 10.6 Å². The average molecular weight is 260 g/mol. The second kappa shape index (κ2) is 6.74. The molecule has 0 saturated heterocycles. The van der Waals surface area contributed by atoms with Crippen molar-refractivity contribution in [3.63, 3.8) is 0 Å². The van der Waals surface area contributed by atoms with E-state index in [4.69, 9.17) is 5.11 Å². The van der Waals surface area contributed by atoms with Gasteiger partial charge < -0.3 is 15.7 Å². The van der Waals surface area contributed by atoms with Crippen LogP contribution >= 0.6 is 11.8 Å². The zero-order chi connectivity index (χ0) is 12.8. The highest BCUT2D eigenvalue weighted by atomic mass is 32.2. The summed E-state index contributed by atoms with van der Waals surface area (Å²) in [4.78, 5) is 22.4. The molecule has 0 aromatic rings. The van der Waals surface area contributed by atoms with Crippen molar-refractivity contribution in [3.05, 3.63) is 0 Å². The molecule has 98 valence electrons. The molecule has 2 amide bonds. The van der Waals surface area contributed by atoms with Gasteiger partial charge in [0.2, 0.25) is 0 Å². The van der Waals surface area contributed by atoms with Crippen LogP contribution in [0.2, 0.25) is 0 Å². The van der Waals surface area contributed by atoms with Gasteiger partial charge in [-0.1, -0.05) is 6.92 Å². The molecule has 6 heteroatoms. The smallest absolute Gasteiger partial charge is 0.326 e. The van der Waals surface area contributed by atoms with Gasteiger partial charge in [-0.2, -0.15) is 11.8 Å². The number of carbonyl (C=O) groups excluding carboxylic acids is 1. The van der Waals surface area contributed by atoms with Gasteiger partial charge in [-0.15, -0.1) is 0 Å². The molecule has 1 aliphatic carbocycles. The summed E-state index contributed by atoms with van der Waals surface area (Å²) < 4.78 is 0. The van der Waals surface area contributed by atoms with Crippen molar-refractivity contribution in [1.82, 2.24) is 10.6 Å². The van der Waals surface area contributed by atoms with E-state index in [1.165, 1.54) is 0 Å². The maximum Gasteiger partial charge on any atom is 0.326 e. The van der Waals surface area contributed by atoms with Crippen molar-refractivity contribution in [3.8, 4) is 0 Å². The Morgan fingerprint density at radius 3 is 2.59 bits per heavy atom. The van der Waals surface area contributed by atoms with Crippen LogP contribution in [0.1, 0.15) is 19.8 Å². The Morgan fingerprint density at radius 2 is 2.12 bits per heavy atom. The molecule has 2 unspecified atom stereocenters. The van der Waals surface area contributed by atoms with E-state index in [1.54, 1.807) is 11.8 Å². The van der Waals surface area contributed by atoms with Crippen molar-refractivity contribution >= 4 is 23.8 Å². The van der Waals surface area contributed by atoms with E-state index >= 15 is 0 Å². The maximum atomic E-state index is 11.5. The van der Waals surface area contributed by atoms with Crippen molar-refractivity contribution < 1.29 is 14.7 Å². The summed E-state index contributed by atoms with van der Waals surface area (Å²) in [6, 6.07) is -1.11. The highest BCUT2D eigenvalue weighted by Crippen LogP contribution is 2.32. The molecule has 2 atom stereocenters. The van der Waals surface area contributed by atoms with Gasteiger partial charge in [0.1, 0.15) is 6.04 Å². The number of nitrogens with one attached hydrogen (secondary N) is 2. The minimum Gasteiger partial charge on any atom is -0.480 e. The fourth-order valence-corrected chi connectivity index (χ4v) is 2.30. The molecular formula is C11H20N2O3S. The monoisotopic (exact) mass is 260 g/mol. The van der Waals surface area contributed by atoms with Crippen LogP contribution in [0.15, 0.2) is 0 Å². The molecule has 1 fully saturated rings. The average Bonchev–Trinajstić information content (AvgIpc) is 3.07. The van der Waals surface area contributed by atoms with Crippen molar-refractivity contribution in [2.24, 2.45) is 11.8 Å². The van der Waals surface area contributed by atoms with Gasteiger partial charge >= 0.3 is 12.0 Å². The Labute approximate surface area is 106 Å². The summed E-state index contributed by atoms with van der Waals surface area (Å²) in [6.45, 7) is 2.62. The second-order valence-electron chi connectivity index (χ2n) is 4.57. The molecule has 0 spiro atoms. The number of carboxylic acid groups (broad SMARTS) is 1. The molecule has 17 heavy (non-hydrogen) atoms. The van der Waals surface area contributed by atoms with Crippen LogP contribution in [-0.2, 0) is 4.79 Å². The maximum absolute atomic E-state index is 11.5. The van der Waals surface area contributed by atoms with Gasteiger partial charge in [0, 0.05) is 6.54 Å². The van der Waals surface area contributed by atoms with Gasteiger partial charge in [0.25, 0.3) is 0 Å². The highest BCUT2D eigenvalue weighted by molar-refractivity contribution is 7.98. The SMILES string of the molecule is CSCC(C)CNC(=O)NC(C(=O)O)C1CC1. The van der Waals surface area contributed by atoms with Crippen LogP contribution in [0.3, 0.4) is 0 Å². The van der Waals surface area contributed by atoms with Crippen LogP contribution in [0, 0.1) is 11.8 Å². The summed E-state index contributed by atoms with van der Waals surface area (Å²) in [5.74, 6) is 0.535. The minimum absolute atomic E-state index is 0.113. The molecular weight excluding hydrogens is 240 g/mol. The van der Waals surface area contributed by atoms with E-state index < -0.39 is 12.0 Å². The Morgan fingerprint density at radius 1 is 1.47 bits per heavy atom. The van der Waals surface area contributed by atoms with E-state index in [1.807, 2.05) is 13.2 Å². The summed E-state index contributed by atoms with van der Waals surface area (Å²) >= 11 is 1.73. The molecule has 0 aromatic carbocycles. The molecule has 1 saturated carbocycles. The van der Waals surface area contributed by atoms with E-state index in [9.17, 15) is 9.59 Å². The van der Waals surface area contributed by atoms with Gasteiger partial charge in [0.05, 0.1) is 0 Å². The Balaban J connectivity index is 2.25. The summed E-state index contributed by atoms with van der Waals surface area (Å²) in [7, 11) is 0. The number of amides is 2. The molecule has 0 heterocycles. The molecule has 0 bridgehead atoms. The normalized spacial score (nSPS) is 18.2. The lowest BCUT2D eigenvalue weighted by molar-refractivity contribution is -0.139. The van der Waals surface area contributed by atoms with E-state index in [0.29, 0.717) is 12.5 Å². The Kier molecular flexibility index (Phi) is 5.61. The molecule has 0 aliphatic heterocycles. The molecule has 5 nitrogen and oxygen atoms in total. The van der Waals surface area contributed by atoms with Gasteiger partial charge in [-0.3, -0.25) is 0 Å². The van der Waals surface area contributed by atoms with Gasteiger partial charge in [0.15, 0.2) is 0 Å². The number of hydrogen-bond donors (Lipinski definition) is 3. The zero-order valence-corrected chi connectivity index (χ0v) is 11.0. The van der Waals surface area contributed by atoms with Crippen LogP contribution in [0.5, 0.6) is 0 Å². The first kappa shape index (κ1) is 14.2. The second-order valence-corrected chi connectivity index (χ2v) is 5.48. The van der Waals surface area contributed by atoms with E-state index in [0.717, 1.165) is 18.6 Å². The fourth-order valence-electron chi connectivity index (χ4n) is 1.61. The largest absolute Gasteiger partial charge is 0.480 e. The number of carbonyl (C=O) groups is 2. The first-order chi connectivity index (χ1) is 8.04. The van der Waals surface area contributed by atoms with Crippen molar-refractivity contribution in [2.45, 2.75) is 25.8 Å². The number of aliphatic carboxylic acids is 1.